The number of hydrogen-bond donors (Lipinski definition) is 0. The lowest BCUT2D eigenvalue weighted by Gasteiger charge is -2.21. The highest BCUT2D eigenvalue weighted by Gasteiger charge is 2.41. The molecule has 0 N–H and O–H groups in total. The van der Waals surface area contributed by atoms with Crippen molar-refractivity contribution in [2.75, 3.05) is 0 Å². The van der Waals surface area contributed by atoms with Crippen LogP contribution in [0.15, 0.2) is 81.7 Å². The molecule has 4 heterocycles. The molecule has 0 unspecified atom stereocenters. The molecule has 0 bridgehead atoms. The maximum Gasteiger partial charge on any atom is 0.271 e. The van der Waals surface area contributed by atoms with E-state index in [-0.39, 0.29) is 45.5 Å². The molecule has 238 valence electrons. The lowest BCUT2D eigenvalue weighted by atomic mass is 9.86. The molecular weight excluding hydrogens is 713 g/mol. The van der Waals surface area contributed by atoms with Crippen molar-refractivity contribution in [3.05, 3.63) is 127 Å². The molecule has 12 heteroatoms. The highest BCUT2D eigenvalue weighted by molar-refractivity contribution is 7.45. The van der Waals surface area contributed by atoms with Gasteiger partial charge in [-0.15, -0.1) is 45.3 Å². The molecule has 4 aromatic heterocycles. The molecule has 8 nitrogen and oxygen atoms in total. The molecular formula is C39H16N6O2S4. The molecule has 6 aromatic rings. The quantitative estimate of drug-likeness (QED) is 0.130. The number of rotatable bonds is 2. The van der Waals surface area contributed by atoms with E-state index in [2.05, 4.69) is 23.5 Å². The summed E-state index contributed by atoms with van der Waals surface area (Å²) in [5.41, 5.74) is 3.71. The van der Waals surface area contributed by atoms with Gasteiger partial charge in [0.2, 0.25) is 11.6 Å². The fourth-order valence-electron chi connectivity index (χ4n) is 6.97. The molecule has 0 saturated carbocycles. The van der Waals surface area contributed by atoms with E-state index >= 15 is 0 Å². The minimum atomic E-state index is -0.563. The zero-order valence-electron chi connectivity index (χ0n) is 26.4. The summed E-state index contributed by atoms with van der Waals surface area (Å²) in [6.07, 6.45) is 2.02. The van der Waals surface area contributed by atoms with Gasteiger partial charge < -0.3 is 0 Å². The van der Waals surface area contributed by atoms with Gasteiger partial charge in [-0.25, -0.2) is 30.2 Å². The van der Waals surface area contributed by atoms with Crippen LogP contribution in [-0.2, 0) is 5.41 Å². The van der Waals surface area contributed by atoms with Crippen LogP contribution in [0.4, 0.5) is 5.00 Å². The van der Waals surface area contributed by atoms with Crippen LogP contribution in [0, 0.1) is 35.8 Å². The van der Waals surface area contributed by atoms with Crippen molar-refractivity contribution in [2.24, 2.45) is 9.98 Å². The molecule has 0 amide bonds. The third-order valence-corrected chi connectivity index (χ3v) is 14.5. The average molecular weight is 729 g/mol. The molecule has 2 aromatic carbocycles. The second-order valence-electron chi connectivity index (χ2n) is 12.4. The fourth-order valence-corrected chi connectivity index (χ4v) is 13.0. The fraction of sp³-hybridized carbons (Fsp3) is 0.0769. The lowest BCUT2D eigenvalue weighted by Crippen LogP contribution is -2.18. The number of aliphatic imine (C=N–C) groups is 2. The third-order valence-electron chi connectivity index (χ3n) is 9.29. The molecule has 0 saturated heterocycles. The molecule has 0 aliphatic heterocycles. The Morgan fingerprint density at radius 1 is 0.706 bits per heavy atom. The minimum absolute atomic E-state index is 0.112. The van der Waals surface area contributed by atoms with Crippen molar-refractivity contribution in [1.29, 1.82) is 10.5 Å². The lowest BCUT2D eigenvalue weighted by molar-refractivity contribution is 0.106. The van der Waals surface area contributed by atoms with Crippen LogP contribution in [-0.4, -0.2) is 23.0 Å². The van der Waals surface area contributed by atoms with Crippen molar-refractivity contribution < 1.29 is 9.59 Å². The van der Waals surface area contributed by atoms with Gasteiger partial charge in [0.25, 0.3) is 11.4 Å². The first kappa shape index (κ1) is 30.9. The van der Waals surface area contributed by atoms with Crippen molar-refractivity contribution in [3.8, 4) is 12.1 Å². The number of nitrogens with zero attached hydrogens (tertiary/aromatic N) is 6. The van der Waals surface area contributed by atoms with E-state index < -0.39 is 5.41 Å². The van der Waals surface area contributed by atoms with Crippen LogP contribution < -0.4 is 0 Å². The van der Waals surface area contributed by atoms with Crippen molar-refractivity contribution in [1.82, 2.24) is 0 Å². The predicted molar refractivity (Wildman–Crippen MR) is 206 cm³/mol. The molecule has 0 radical (unpaired) electrons. The Labute approximate surface area is 305 Å². The molecule has 9 rings (SSSR count). The minimum Gasteiger partial charge on any atom is -0.287 e. The first-order chi connectivity index (χ1) is 24.7. The van der Waals surface area contributed by atoms with Crippen LogP contribution in [0.1, 0.15) is 56.1 Å². The van der Waals surface area contributed by atoms with E-state index in [4.69, 9.17) is 23.1 Å². The molecule has 51 heavy (non-hydrogen) atoms. The maximum absolute atomic E-state index is 13.6. The maximum atomic E-state index is 13.6. The van der Waals surface area contributed by atoms with E-state index in [9.17, 15) is 20.1 Å². The molecule has 3 aliphatic carbocycles. The van der Waals surface area contributed by atoms with Gasteiger partial charge in [-0.2, -0.15) is 0 Å². The summed E-state index contributed by atoms with van der Waals surface area (Å²) < 4.78 is 6.75. The van der Waals surface area contributed by atoms with Crippen LogP contribution in [0.25, 0.3) is 55.1 Å². The summed E-state index contributed by atoms with van der Waals surface area (Å²) in [4.78, 5) is 44.6. The summed E-state index contributed by atoms with van der Waals surface area (Å²) in [6.45, 7) is 19.3. The number of carbonyl (C=O) groups is 2. The number of Topliss-reactive ketones (excluding diaryl/α,β-unsaturated/α-hetero) is 2. The van der Waals surface area contributed by atoms with Gasteiger partial charge in [-0.05, 0) is 28.8 Å². The van der Waals surface area contributed by atoms with Crippen LogP contribution in [0.3, 0.4) is 0 Å². The Kier molecular flexibility index (Phi) is 6.63. The summed E-state index contributed by atoms with van der Waals surface area (Å²) in [6, 6.07) is 19.8. The number of nitriles is 2. The van der Waals surface area contributed by atoms with Gasteiger partial charge >= 0.3 is 0 Å². The smallest absolute Gasteiger partial charge is 0.271 e. The number of hydrogen-bond acceptors (Lipinski definition) is 10. The predicted octanol–water partition coefficient (Wildman–Crippen LogP) is 10.6. The Morgan fingerprint density at radius 3 is 1.80 bits per heavy atom. The molecule has 0 atom stereocenters. The average Bonchev–Trinajstić information content (AvgIpc) is 3.97. The first-order valence-corrected chi connectivity index (χ1v) is 18.6. The number of allylic oxidation sites excluding steroid dienone is 5. The molecule has 0 fully saturated rings. The molecule has 3 aliphatic rings. The largest absolute Gasteiger partial charge is 0.287 e. The first-order valence-electron chi connectivity index (χ1n) is 15.3. The van der Waals surface area contributed by atoms with Gasteiger partial charge in [0.1, 0.15) is 16.4 Å². The second kappa shape index (κ2) is 10.9. The van der Waals surface area contributed by atoms with Crippen molar-refractivity contribution >= 4 is 119 Å². The van der Waals surface area contributed by atoms with E-state index in [0.29, 0.717) is 33.0 Å². The Hall–Kier alpha value is -6.12. The Morgan fingerprint density at radius 2 is 1.24 bits per heavy atom. The third kappa shape index (κ3) is 4.17. The molecule has 0 spiro atoms. The van der Waals surface area contributed by atoms with Crippen molar-refractivity contribution in [3.63, 3.8) is 0 Å². The SMILES string of the molecule is [C-]#[N+]C(C#N)=C1C(=Nc2cc3sc4c5sc6c(c5sc4c3s2)C(C)(C)C(N=C2C(=O)c3ccccc3/C2=C(/C#N)[N+]#[C-])=C6)C(=O)c2ccccc21. The monoisotopic (exact) mass is 728 g/mol. The van der Waals surface area contributed by atoms with Crippen molar-refractivity contribution in [2.45, 2.75) is 19.3 Å². The van der Waals surface area contributed by atoms with E-state index in [1.54, 1.807) is 82.5 Å². The standard InChI is InChI=1S/C39H16N6O2S4/c1-39(2)25(44-30-27(21(15-40)42-3)17-9-5-7-11-19(17)32(30)46)13-23-29(39)35-37(48-23)38-36(51-35)34-24(49-38)14-26(50-34)45-31-28(22(16-41)43-4)18-10-6-8-12-20(18)33(31)47/h5-14H,1-2H3/b27-21+,28-22?,44-30?,45-31?. The van der Waals surface area contributed by atoms with Gasteiger partial charge in [0, 0.05) is 37.3 Å². The number of benzene rings is 2. The Balaban J connectivity index is 1.14. The van der Waals surface area contributed by atoms with Crippen LogP contribution >= 0.6 is 45.3 Å². The van der Waals surface area contributed by atoms with Gasteiger partial charge in [-0.1, -0.05) is 62.4 Å². The van der Waals surface area contributed by atoms with Gasteiger partial charge in [0.05, 0.1) is 54.5 Å². The Bertz CT molecular complexity index is 3000. The van der Waals surface area contributed by atoms with Gasteiger partial charge in [0.15, 0.2) is 0 Å². The zero-order chi connectivity index (χ0) is 35.3. The summed E-state index contributed by atoms with van der Waals surface area (Å²) >= 11 is 6.54. The van der Waals surface area contributed by atoms with Crippen LogP contribution in [0.5, 0.6) is 0 Å². The highest BCUT2D eigenvalue weighted by atomic mass is 32.1. The number of fused-ring (bicyclic) bond motifs is 9. The summed E-state index contributed by atoms with van der Waals surface area (Å²) in [7, 11) is 0. The summed E-state index contributed by atoms with van der Waals surface area (Å²) in [5.74, 6) is -0.599. The number of thiophene rings is 4. The number of ketones is 2. The second-order valence-corrected chi connectivity index (χ2v) is 16.5. The normalized spacial score (nSPS) is 19.2. The topological polar surface area (TPSA) is 115 Å². The summed E-state index contributed by atoms with van der Waals surface area (Å²) in [5, 5.41) is 20.1. The number of carbonyl (C=O) groups excluding carboxylic acids is 2. The zero-order valence-corrected chi connectivity index (χ0v) is 29.7. The van der Waals surface area contributed by atoms with Crippen LogP contribution in [0.2, 0.25) is 0 Å². The van der Waals surface area contributed by atoms with Gasteiger partial charge in [-0.3, -0.25) is 9.59 Å². The van der Waals surface area contributed by atoms with E-state index in [1.165, 1.54) is 20.7 Å². The highest BCUT2D eigenvalue weighted by Crippen LogP contribution is 2.57. The van der Waals surface area contributed by atoms with E-state index in [0.717, 1.165) is 29.2 Å². The van der Waals surface area contributed by atoms with E-state index in [1.807, 2.05) is 24.3 Å².